The lowest BCUT2D eigenvalue weighted by Gasteiger charge is -2.12. The molecule has 0 saturated heterocycles. The van der Waals surface area contributed by atoms with Crippen LogP contribution in [-0.4, -0.2) is 34.0 Å². The van der Waals surface area contributed by atoms with Gasteiger partial charge in [-0.3, -0.25) is 4.84 Å². The highest BCUT2D eigenvalue weighted by Gasteiger charge is 2.11. The molecule has 108 valence electrons. The molecule has 0 aliphatic heterocycles. The smallest absolute Gasteiger partial charge is 0.387 e. The van der Waals surface area contributed by atoms with Gasteiger partial charge < -0.3 is 14.2 Å². The molecule has 7 heteroatoms. The van der Waals surface area contributed by atoms with Crippen LogP contribution in [0.25, 0.3) is 0 Å². The fourth-order valence-corrected chi connectivity index (χ4v) is 1.35. The van der Waals surface area contributed by atoms with Gasteiger partial charge in [-0.2, -0.15) is 14.3 Å². The predicted octanol–water partition coefficient (Wildman–Crippen LogP) is 1.96. The first-order valence-corrected chi connectivity index (χ1v) is 5.62. The van der Waals surface area contributed by atoms with Crippen LogP contribution in [-0.2, 0) is 16.1 Å². The minimum Gasteiger partial charge on any atom is -0.493 e. The number of rotatable bonds is 9. The lowest BCUT2D eigenvalue weighted by molar-refractivity contribution is -0.0513. The zero-order valence-corrected chi connectivity index (χ0v) is 10.8. The molecule has 0 fully saturated rings. The maximum Gasteiger partial charge on any atom is 0.387 e. The summed E-state index contributed by atoms with van der Waals surface area (Å²) in [6, 6.07) is 4.76. The summed E-state index contributed by atoms with van der Waals surface area (Å²) in [5, 5.41) is 0. The van der Waals surface area contributed by atoms with Gasteiger partial charge in [0.15, 0.2) is 11.5 Å². The van der Waals surface area contributed by atoms with Crippen molar-refractivity contribution < 1.29 is 27.8 Å². The Morgan fingerprint density at radius 2 is 1.95 bits per heavy atom. The number of methoxy groups -OCH3 is 2. The standard InChI is InChI=1S/C12H17F2NO4/c1-16-5-6-18-15-8-9-3-4-10(17-2)11(7-9)19-12(13)14/h3-4,7,12,15H,5-6,8H2,1-2H3. The van der Waals surface area contributed by atoms with Crippen LogP contribution in [0.1, 0.15) is 5.56 Å². The average Bonchev–Trinajstić information content (AvgIpc) is 2.38. The van der Waals surface area contributed by atoms with Gasteiger partial charge in [-0.25, -0.2) is 0 Å². The van der Waals surface area contributed by atoms with E-state index in [2.05, 4.69) is 10.2 Å². The molecule has 0 aliphatic carbocycles. The number of halogens is 2. The summed E-state index contributed by atoms with van der Waals surface area (Å²) in [6.07, 6.45) is 0. The van der Waals surface area contributed by atoms with Crippen LogP contribution in [0.5, 0.6) is 11.5 Å². The fourth-order valence-electron chi connectivity index (χ4n) is 1.35. The summed E-state index contributed by atoms with van der Waals surface area (Å²) >= 11 is 0. The number of benzene rings is 1. The molecule has 0 aromatic heterocycles. The molecular formula is C12H17F2NO4. The highest BCUT2D eigenvalue weighted by Crippen LogP contribution is 2.29. The first kappa shape index (κ1) is 15.6. The number of hydroxylamine groups is 1. The van der Waals surface area contributed by atoms with Crippen LogP contribution in [0.15, 0.2) is 18.2 Å². The van der Waals surface area contributed by atoms with Crippen LogP contribution in [0.3, 0.4) is 0 Å². The van der Waals surface area contributed by atoms with Gasteiger partial charge in [0.25, 0.3) is 0 Å². The molecule has 1 rings (SSSR count). The van der Waals surface area contributed by atoms with Gasteiger partial charge in [0.2, 0.25) is 0 Å². The highest BCUT2D eigenvalue weighted by atomic mass is 19.3. The van der Waals surface area contributed by atoms with Gasteiger partial charge in [-0.15, -0.1) is 0 Å². The Morgan fingerprint density at radius 3 is 2.58 bits per heavy atom. The van der Waals surface area contributed by atoms with Crippen molar-refractivity contribution in [2.45, 2.75) is 13.2 Å². The van der Waals surface area contributed by atoms with E-state index in [-0.39, 0.29) is 11.5 Å². The summed E-state index contributed by atoms with van der Waals surface area (Å²) in [5.41, 5.74) is 3.42. The zero-order valence-electron chi connectivity index (χ0n) is 10.8. The van der Waals surface area contributed by atoms with E-state index in [4.69, 9.17) is 14.3 Å². The lowest BCUT2D eigenvalue weighted by Crippen LogP contribution is -2.17. The van der Waals surface area contributed by atoms with Gasteiger partial charge in [-0.05, 0) is 17.7 Å². The van der Waals surface area contributed by atoms with Crippen molar-refractivity contribution in [1.82, 2.24) is 5.48 Å². The molecule has 1 aromatic rings. The molecule has 19 heavy (non-hydrogen) atoms. The predicted molar refractivity (Wildman–Crippen MR) is 64.3 cm³/mol. The molecule has 0 saturated carbocycles. The monoisotopic (exact) mass is 277 g/mol. The first-order valence-electron chi connectivity index (χ1n) is 5.62. The van der Waals surface area contributed by atoms with Crippen molar-refractivity contribution in [2.75, 3.05) is 27.4 Å². The molecule has 0 atom stereocenters. The number of hydrogen-bond donors (Lipinski definition) is 1. The van der Waals surface area contributed by atoms with E-state index in [1.165, 1.54) is 13.2 Å². The van der Waals surface area contributed by atoms with Crippen molar-refractivity contribution in [2.24, 2.45) is 0 Å². The second-order valence-corrected chi connectivity index (χ2v) is 3.53. The van der Waals surface area contributed by atoms with Crippen molar-refractivity contribution in [3.8, 4) is 11.5 Å². The summed E-state index contributed by atoms with van der Waals surface area (Å²) < 4.78 is 38.6. The molecule has 1 aromatic carbocycles. The van der Waals surface area contributed by atoms with Crippen LogP contribution >= 0.6 is 0 Å². The van der Waals surface area contributed by atoms with E-state index in [9.17, 15) is 8.78 Å². The molecule has 0 unspecified atom stereocenters. The SMILES string of the molecule is COCCONCc1ccc(OC)c(OC(F)F)c1. The van der Waals surface area contributed by atoms with E-state index in [0.717, 1.165) is 5.56 Å². The second-order valence-electron chi connectivity index (χ2n) is 3.53. The van der Waals surface area contributed by atoms with Crippen LogP contribution < -0.4 is 15.0 Å². The average molecular weight is 277 g/mol. The number of hydrogen-bond acceptors (Lipinski definition) is 5. The Balaban J connectivity index is 2.54. The summed E-state index contributed by atoms with van der Waals surface area (Å²) in [6.45, 7) is -1.68. The zero-order chi connectivity index (χ0) is 14.1. The van der Waals surface area contributed by atoms with Gasteiger partial charge >= 0.3 is 6.61 Å². The normalized spacial score (nSPS) is 10.8. The van der Waals surface area contributed by atoms with Crippen LogP contribution in [0.4, 0.5) is 8.78 Å². The van der Waals surface area contributed by atoms with Crippen LogP contribution in [0.2, 0.25) is 0 Å². The van der Waals surface area contributed by atoms with Crippen molar-refractivity contribution in [3.63, 3.8) is 0 Å². The summed E-state index contributed by atoms with van der Waals surface area (Å²) in [4.78, 5) is 5.06. The summed E-state index contributed by atoms with van der Waals surface area (Å²) in [7, 11) is 2.96. The maximum absolute atomic E-state index is 12.2. The number of nitrogens with one attached hydrogen (secondary N) is 1. The maximum atomic E-state index is 12.2. The van der Waals surface area contributed by atoms with Gasteiger partial charge in [0.1, 0.15) is 0 Å². The highest BCUT2D eigenvalue weighted by molar-refractivity contribution is 5.42. The molecular weight excluding hydrogens is 260 g/mol. The molecule has 0 aliphatic rings. The molecule has 0 heterocycles. The third kappa shape index (κ3) is 5.82. The minimum absolute atomic E-state index is 0.00584. The molecule has 0 radical (unpaired) electrons. The van der Waals surface area contributed by atoms with Crippen LogP contribution in [0, 0.1) is 0 Å². The number of alkyl halides is 2. The molecule has 5 nitrogen and oxygen atoms in total. The summed E-state index contributed by atoms with van der Waals surface area (Å²) in [5.74, 6) is 0.248. The topological polar surface area (TPSA) is 49.0 Å². The number of ether oxygens (including phenoxy) is 3. The Labute approximate surface area is 110 Å². The van der Waals surface area contributed by atoms with E-state index < -0.39 is 6.61 Å². The second kappa shape index (κ2) is 8.63. The van der Waals surface area contributed by atoms with E-state index in [0.29, 0.717) is 19.8 Å². The molecule has 0 amide bonds. The lowest BCUT2D eigenvalue weighted by atomic mass is 10.2. The van der Waals surface area contributed by atoms with E-state index >= 15 is 0 Å². The molecule has 0 bridgehead atoms. The fraction of sp³-hybridized carbons (Fsp3) is 0.500. The Kier molecular flexibility index (Phi) is 7.09. The Morgan fingerprint density at radius 1 is 1.16 bits per heavy atom. The Hall–Kier alpha value is -1.44. The molecule has 0 spiro atoms. The Bertz CT molecular complexity index is 377. The van der Waals surface area contributed by atoms with Gasteiger partial charge in [-0.1, -0.05) is 6.07 Å². The largest absolute Gasteiger partial charge is 0.493 e. The van der Waals surface area contributed by atoms with Crippen molar-refractivity contribution >= 4 is 0 Å². The third-order valence-corrected chi connectivity index (χ3v) is 2.21. The quantitative estimate of drug-likeness (QED) is 0.552. The minimum atomic E-state index is -2.89. The van der Waals surface area contributed by atoms with Crippen molar-refractivity contribution in [1.29, 1.82) is 0 Å². The van der Waals surface area contributed by atoms with Crippen molar-refractivity contribution in [3.05, 3.63) is 23.8 Å². The van der Waals surface area contributed by atoms with Gasteiger partial charge in [0, 0.05) is 13.7 Å². The first-order chi connectivity index (χ1) is 9.17. The van der Waals surface area contributed by atoms with E-state index in [1.54, 1.807) is 19.2 Å². The van der Waals surface area contributed by atoms with Gasteiger partial charge in [0.05, 0.1) is 20.3 Å². The molecule has 1 N–H and O–H groups in total. The third-order valence-electron chi connectivity index (χ3n) is 2.21. The van der Waals surface area contributed by atoms with E-state index in [1.807, 2.05) is 0 Å².